The molecule has 0 spiro atoms. The smallest absolute Gasteiger partial charge is 0.411 e. The molecule has 0 bridgehead atoms. The predicted octanol–water partition coefficient (Wildman–Crippen LogP) is 5.15. The van der Waals surface area contributed by atoms with Crippen LogP contribution in [0.4, 0.5) is 10.5 Å². The Kier molecular flexibility index (Phi) is 9.23. The second-order valence-corrected chi connectivity index (χ2v) is 10.5. The largest absolute Gasteiger partial charge is 0.446 e. The maximum Gasteiger partial charge on any atom is 0.411 e. The van der Waals surface area contributed by atoms with Crippen LogP contribution in [0.5, 0.6) is 0 Å². The van der Waals surface area contributed by atoms with Crippen molar-refractivity contribution in [2.45, 2.75) is 18.9 Å². The molecule has 1 N–H and O–H groups in total. The molecule has 0 unspecified atom stereocenters. The highest BCUT2D eigenvalue weighted by molar-refractivity contribution is 6.21. The van der Waals surface area contributed by atoms with Gasteiger partial charge in [0.2, 0.25) is 0 Å². The molecule has 2 heterocycles. The Balaban J connectivity index is 0.992. The number of nitrogens with zero attached hydrogens (tertiary/aromatic N) is 3. The Morgan fingerprint density at radius 2 is 1.49 bits per heavy atom. The number of piperidine rings is 1. The first kappa shape index (κ1) is 28.3. The molecular formula is C33H36N4O4. The molecule has 3 aromatic rings. The SMILES string of the molecule is CN(C/C=C/CN1CCC(OC(=O)Nc2ccccc2-c2ccccc2)CC1)CCN1C(=O)c2ccccc2C1=O. The van der Waals surface area contributed by atoms with Gasteiger partial charge in [-0.2, -0.15) is 0 Å². The van der Waals surface area contributed by atoms with Gasteiger partial charge in [0.15, 0.2) is 0 Å². The number of carbonyl (C=O) groups excluding carboxylic acids is 3. The van der Waals surface area contributed by atoms with Gasteiger partial charge in [-0.3, -0.25) is 24.7 Å². The molecular weight excluding hydrogens is 516 g/mol. The summed E-state index contributed by atoms with van der Waals surface area (Å²) < 4.78 is 5.74. The van der Waals surface area contributed by atoms with Gasteiger partial charge in [0.1, 0.15) is 6.10 Å². The van der Waals surface area contributed by atoms with Crippen LogP contribution < -0.4 is 5.32 Å². The number of imide groups is 1. The van der Waals surface area contributed by atoms with Crippen molar-refractivity contribution in [1.82, 2.24) is 14.7 Å². The molecule has 0 aliphatic carbocycles. The Hall–Kier alpha value is -4.27. The van der Waals surface area contributed by atoms with Gasteiger partial charge < -0.3 is 9.64 Å². The van der Waals surface area contributed by atoms with Crippen molar-refractivity contribution in [2.24, 2.45) is 0 Å². The molecule has 5 rings (SSSR count). The summed E-state index contributed by atoms with van der Waals surface area (Å²) in [7, 11) is 1.98. The van der Waals surface area contributed by atoms with Gasteiger partial charge in [0, 0.05) is 44.8 Å². The molecule has 1 fully saturated rings. The van der Waals surface area contributed by atoms with E-state index in [0.29, 0.717) is 24.2 Å². The lowest BCUT2D eigenvalue weighted by atomic mass is 10.0. The monoisotopic (exact) mass is 552 g/mol. The normalized spacial score (nSPS) is 16.0. The minimum Gasteiger partial charge on any atom is -0.446 e. The number of para-hydroxylation sites is 1. The first-order valence-electron chi connectivity index (χ1n) is 14.1. The van der Waals surface area contributed by atoms with Crippen molar-refractivity contribution in [3.8, 4) is 11.1 Å². The summed E-state index contributed by atoms with van der Waals surface area (Å²) >= 11 is 0. The number of carbonyl (C=O) groups is 3. The second kappa shape index (κ2) is 13.4. The highest BCUT2D eigenvalue weighted by Crippen LogP contribution is 2.28. The van der Waals surface area contributed by atoms with Crippen molar-refractivity contribution in [3.05, 3.63) is 102 Å². The fraction of sp³-hybridized carbons (Fsp3) is 0.303. The first-order chi connectivity index (χ1) is 20.0. The third kappa shape index (κ3) is 7.09. The second-order valence-electron chi connectivity index (χ2n) is 10.5. The van der Waals surface area contributed by atoms with Gasteiger partial charge in [-0.05, 0) is 43.7 Å². The van der Waals surface area contributed by atoms with Gasteiger partial charge in [-0.1, -0.05) is 72.8 Å². The van der Waals surface area contributed by atoms with Crippen molar-refractivity contribution < 1.29 is 19.1 Å². The van der Waals surface area contributed by atoms with Crippen molar-refractivity contribution in [1.29, 1.82) is 0 Å². The maximum atomic E-state index is 12.6. The molecule has 3 amide bonds. The van der Waals surface area contributed by atoms with Gasteiger partial charge in [0.05, 0.1) is 16.8 Å². The molecule has 0 radical (unpaired) electrons. The molecule has 0 aromatic heterocycles. The summed E-state index contributed by atoms with van der Waals surface area (Å²) in [6, 6.07) is 24.7. The molecule has 8 heteroatoms. The summed E-state index contributed by atoms with van der Waals surface area (Å²) in [6.07, 6.45) is 5.32. The fourth-order valence-corrected chi connectivity index (χ4v) is 5.24. The number of likely N-dealkylation sites (N-methyl/N-ethyl adjacent to an activating group) is 1. The van der Waals surface area contributed by atoms with Crippen LogP contribution in [0, 0.1) is 0 Å². The lowest BCUT2D eigenvalue weighted by Crippen LogP contribution is -2.38. The zero-order valence-corrected chi connectivity index (χ0v) is 23.4. The zero-order valence-electron chi connectivity index (χ0n) is 23.4. The number of fused-ring (bicyclic) bond motifs is 1. The average molecular weight is 553 g/mol. The number of amides is 3. The lowest BCUT2D eigenvalue weighted by molar-refractivity contribution is 0.0621. The molecule has 1 saturated heterocycles. The highest BCUT2D eigenvalue weighted by atomic mass is 16.6. The maximum absolute atomic E-state index is 12.6. The van der Waals surface area contributed by atoms with Crippen LogP contribution in [0.3, 0.4) is 0 Å². The lowest BCUT2D eigenvalue weighted by Gasteiger charge is -2.30. The van der Waals surface area contributed by atoms with E-state index in [0.717, 1.165) is 55.8 Å². The standard InChI is InChI=1S/C33H36N4O4/c1-35(23-24-37-31(38)28-14-5-6-15-29(28)32(37)39)19-9-10-20-36-21-17-26(18-22-36)41-33(40)34-30-16-8-7-13-27(30)25-11-3-2-4-12-25/h2-16,26H,17-24H2,1H3,(H,34,40)/b10-9+. The predicted molar refractivity (Wildman–Crippen MR) is 160 cm³/mol. The van der Waals surface area contributed by atoms with Gasteiger partial charge >= 0.3 is 6.09 Å². The van der Waals surface area contributed by atoms with Crippen molar-refractivity contribution in [2.75, 3.05) is 51.6 Å². The van der Waals surface area contributed by atoms with E-state index in [1.165, 1.54) is 4.90 Å². The van der Waals surface area contributed by atoms with Gasteiger partial charge in [-0.25, -0.2) is 4.79 Å². The minimum atomic E-state index is -0.420. The van der Waals surface area contributed by atoms with E-state index in [2.05, 4.69) is 27.3 Å². The number of benzene rings is 3. The molecule has 0 atom stereocenters. The molecule has 3 aromatic carbocycles. The molecule has 41 heavy (non-hydrogen) atoms. The number of nitrogens with one attached hydrogen (secondary N) is 1. The van der Waals surface area contributed by atoms with E-state index >= 15 is 0 Å². The number of hydrogen-bond donors (Lipinski definition) is 1. The fourth-order valence-electron chi connectivity index (χ4n) is 5.24. The summed E-state index contributed by atoms with van der Waals surface area (Å²) in [4.78, 5) is 43.5. The summed E-state index contributed by atoms with van der Waals surface area (Å²) in [6.45, 7) is 4.26. The first-order valence-corrected chi connectivity index (χ1v) is 14.1. The molecule has 8 nitrogen and oxygen atoms in total. The van der Waals surface area contributed by atoms with E-state index in [4.69, 9.17) is 4.74 Å². The van der Waals surface area contributed by atoms with Crippen LogP contribution in [-0.2, 0) is 4.74 Å². The summed E-state index contributed by atoms with van der Waals surface area (Å²) in [5.41, 5.74) is 3.71. The Morgan fingerprint density at radius 3 is 2.17 bits per heavy atom. The van der Waals surface area contributed by atoms with Crippen LogP contribution in [0.25, 0.3) is 11.1 Å². The number of rotatable bonds is 10. The van der Waals surface area contributed by atoms with E-state index in [1.807, 2.05) is 61.6 Å². The third-order valence-electron chi connectivity index (χ3n) is 7.59. The van der Waals surface area contributed by atoms with E-state index in [-0.39, 0.29) is 17.9 Å². The van der Waals surface area contributed by atoms with E-state index in [9.17, 15) is 14.4 Å². The van der Waals surface area contributed by atoms with Crippen molar-refractivity contribution >= 4 is 23.6 Å². The third-order valence-corrected chi connectivity index (χ3v) is 7.59. The van der Waals surface area contributed by atoms with Crippen LogP contribution in [0.15, 0.2) is 91.0 Å². The van der Waals surface area contributed by atoms with Crippen LogP contribution >= 0.6 is 0 Å². The van der Waals surface area contributed by atoms with Crippen LogP contribution in [-0.4, -0.2) is 85.0 Å². The average Bonchev–Trinajstić information content (AvgIpc) is 3.24. The van der Waals surface area contributed by atoms with Gasteiger partial charge in [-0.15, -0.1) is 0 Å². The Morgan fingerprint density at radius 1 is 0.878 bits per heavy atom. The Bertz CT molecular complexity index is 1360. The van der Waals surface area contributed by atoms with Crippen molar-refractivity contribution in [3.63, 3.8) is 0 Å². The minimum absolute atomic E-state index is 0.104. The number of anilines is 1. The summed E-state index contributed by atoms with van der Waals surface area (Å²) in [5.74, 6) is -0.423. The highest BCUT2D eigenvalue weighted by Gasteiger charge is 2.34. The van der Waals surface area contributed by atoms with Gasteiger partial charge in [0.25, 0.3) is 11.8 Å². The van der Waals surface area contributed by atoms with Crippen LogP contribution in [0.1, 0.15) is 33.6 Å². The van der Waals surface area contributed by atoms with E-state index < -0.39 is 6.09 Å². The molecule has 212 valence electrons. The number of ether oxygens (including phenoxy) is 1. The molecule has 0 saturated carbocycles. The summed E-state index contributed by atoms with van der Waals surface area (Å²) in [5, 5.41) is 2.93. The zero-order chi connectivity index (χ0) is 28.6. The Labute approximate surface area is 241 Å². The number of likely N-dealkylation sites (tertiary alicyclic amines) is 1. The molecule has 2 aliphatic heterocycles. The number of hydrogen-bond acceptors (Lipinski definition) is 6. The molecule has 2 aliphatic rings. The topological polar surface area (TPSA) is 82.2 Å². The quantitative estimate of drug-likeness (QED) is 0.277. The van der Waals surface area contributed by atoms with Crippen LogP contribution in [0.2, 0.25) is 0 Å². The van der Waals surface area contributed by atoms with E-state index in [1.54, 1.807) is 24.3 Å².